The van der Waals surface area contributed by atoms with Crippen molar-refractivity contribution in [2.75, 3.05) is 10.2 Å². The maximum absolute atomic E-state index is 12.9. The summed E-state index contributed by atoms with van der Waals surface area (Å²) in [6, 6.07) is 8.67. The molecule has 1 heterocycles. The van der Waals surface area contributed by atoms with E-state index in [-0.39, 0.29) is 35.9 Å². The summed E-state index contributed by atoms with van der Waals surface area (Å²) in [5.41, 5.74) is -0.625. The SMILES string of the molecule is O=C(Nc1ccc(Cl)c(C(F)(F)F)c1)c1ccc(N2C(=O)CCC2=O)cc1. The lowest BCUT2D eigenvalue weighted by Gasteiger charge is -2.14. The van der Waals surface area contributed by atoms with Gasteiger partial charge in [-0.3, -0.25) is 19.3 Å². The van der Waals surface area contributed by atoms with E-state index in [1.54, 1.807) is 0 Å². The topological polar surface area (TPSA) is 66.5 Å². The van der Waals surface area contributed by atoms with Gasteiger partial charge in [-0.2, -0.15) is 13.2 Å². The minimum atomic E-state index is -4.64. The van der Waals surface area contributed by atoms with Crippen LogP contribution in [0, 0.1) is 0 Å². The van der Waals surface area contributed by atoms with Crippen LogP contribution in [0.2, 0.25) is 5.02 Å². The fourth-order valence-corrected chi connectivity index (χ4v) is 2.87. The van der Waals surface area contributed by atoms with E-state index in [0.29, 0.717) is 5.69 Å². The van der Waals surface area contributed by atoms with E-state index in [9.17, 15) is 27.6 Å². The Morgan fingerprint density at radius 2 is 1.59 bits per heavy atom. The monoisotopic (exact) mass is 396 g/mol. The second-order valence-electron chi connectivity index (χ2n) is 5.82. The molecule has 0 aliphatic carbocycles. The van der Waals surface area contributed by atoms with E-state index < -0.39 is 22.7 Å². The van der Waals surface area contributed by atoms with E-state index in [4.69, 9.17) is 11.6 Å². The molecule has 0 saturated carbocycles. The number of anilines is 2. The van der Waals surface area contributed by atoms with E-state index >= 15 is 0 Å². The van der Waals surface area contributed by atoms with E-state index in [2.05, 4.69) is 5.32 Å². The number of nitrogens with zero attached hydrogens (tertiary/aromatic N) is 1. The quantitative estimate of drug-likeness (QED) is 0.788. The van der Waals surface area contributed by atoms with Crippen LogP contribution in [0.1, 0.15) is 28.8 Å². The summed E-state index contributed by atoms with van der Waals surface area (Å²) in [6.45, 7) is 0. The average Bonchev–Trinajstić information content (AvgIpc) is 2.94. The van der Waals surface area contributed by atoms with Crippen LogP contribution in [-0.2, 0) is 15.8 Å². The summed E-state index contributed by atoms with van der Waals surface area (Å²) < 4.78 is 38.7. The lowest BCUT2D eigenvalue weighted by molar-refractivity contribution is -0.137. The largest absolute Gasteiger partial charge is 0.417 e. The first kappa shape index (κ1) is 18.9. The molecule has 27 heavy (non-hydrogen) atoms. The second kappa shape index (κ2) is 7.03. The highest BCUT2D eigenvalue weighted by atomic mass is 35.5. The third-order valence-electron chi connectivity index (χ3n) is 3.97. The Bertz CT molecular complexity index is 910. The molecule has 9 heteroatoms. The fraction of sp³-hybridized carbons (Fsp3) is 0.167. The summed E-state index contributed by atoms with van der Waals surface area (Å²) in [5.74, 6) is -1.29. The van der Waals surface area contributed by atoms with Crippen molar-refractivity contribution in [2.24, 2.45) is 0 Å². The molecule has 3 rings (SSSR count). The number of halogens is 4. The Labute approximate surface area is 156 Å². The third-order valence-corrected chi connectivity index (χ3v) is 4.30. The Hall–Kier alpha value is -2.87. The highest BCUT2D eigenvalue weighted by Crippen LogP contribution is 2.36. The van der Waals surface area contributed by atoms with Crippen molar-refractivity contribution in [3.63, 3.8) is 0 Å². The van der Waals surface area contributed by atoms with Crippen LogP contribution in [0.4, 0.5) is 24.5 Å². The minimum Gasteiger partial charge on any atom is -0.322 e. The number of imide groups is 1. The van der Waals surface area contributed by atoms with Gasteiger partial charge in [0.2, 0.25) is 11.8 Å². The molecule has 1 fully saturated rings. The van der Waals surface area contributed by atoms with E-state index in [1.165, 1.54) is 30.3 Å². The number of nitrogens with one attached hydrogen (secondary N) is 1. The molecule has 3 amide bonds. The van der Waals surface area contributed by atoms with Gasteiger partial charge in [-0.25, -0.2) is 0 Å². The van der Waals surface area contributed by atoms with Crippen LogP contribution in [-0.4, -0.2) is 17.7 Å². The summed E-state index contributed by atoms with van der Waals surface area (Å²) >= 11 is 5.55. The number of rotatable bonds is 3. The highest BCUT2D eigenvalue weighted by molar-refractivity contribution is 6.31. The zero-order valence-electron chi connectivity index (χ0n) is 13.6. The summed E-state index contributed by atoms with van der Waals surface area (Å²) in [6.07, 6.45) is -4.37. The maximum atomic E-state index is 12.9. The predicted molar refractivity (Wildman–Crippen MR) is 92.6 cm³/mol. The number of hydrogen-bond acceptors (Lipinski definition) is 3. The Morgan fingerprint density at radius 1 is 1.00 bits per heavy atom. The van der Waals surface area contributed by atoms with Gasteiger partial charge < -0.3 is 5.32 Å². The summed E-state index contributed by atoms with van der Waals surface area (Å²) in [4.78, 5) is 36.7. The molecule has 0 unspecified atom stereocenters. The number of carbonyl (C=O) groups is 3. The summed E-state index contributed by atoms with van der Waals surface area (Å²) in [7, 11) is 0. The number of amides is 3. The first-order valence-electron chi connectivity index (χ1n) is 7.81. The Kier molecular flexibility index (Phi) is 4.93. The predicted octanol–water partition coefficient (Wildman–Crippen LogP) is 4.26. The smallest absolute Gasteiger partial charge is 0.322 e. The number of alkyl halides is 3. The minimum absolute atomic E-state index is 0.0642. The molecule has 2 aromatic rings. The maximum Gasteiger partial charge on any atom is 0.417 e. The fourth-order valence-electron chi connectivity index (χ4n) is 2.65. The van der Waals surface area contributed by atoms with E-state index in [0.717, 1.165) is 17.0 Å². The second-order valence-corrected chi connectivity index (χ2v) is 6.22. The highest BCUT2D eigenvalue weighted by Gasteiger charge is 2.33. The third kappa shape index (κ3) is 3.95. The molecule has 1 aliphatic heterocycles. The normalized spacial score (nSPS) is 14.6. The van der Waals surface area contributed by atoms with Gasteiger partial charge in [-0.1, -0.05) is 11.6 Å². The lowest BCUT2D eigenvalue weighted by atomic mass is 10.1. The van der Waals surface area contributed by atoms with Gasteiger partial charge in [0.15, 0.2) is 0 Å². The molecule has 5 nitrogen and oxygen atoms in total. The molecule has 140 valence electrons. The molecule has 0 radical (unpaired) electrons. The number of benzene rings is 2. The van der Waals surface area contributed by atoms with Crippen LogP contribution in [0.3, 0.4) is 0 Å². The Morgan fingerprint density at radius 3 is 2.15 bits per heavy atom. The molecule has 0 bridgehead atoms. The molecule has 2 aromatic carbocycles. The molecule has 0 atom stereocenters. The van der Waals surface area contributed by atoms with Crippen molar-refractivity contribution >= 4 is 40.7 Å². The first-order chi connectivity index (χ1) is 12.7. The van der Waals surface area contributed by atoms with Crippen molar-refractivity contribution in [3.05, 3.63) is 58.6 Å². The van der Waals surface area contributed by atoms with E-state index in [1.807, 2.05) is 0 Å². The van der Waals surface area contributed by atoms with Crippen LogP contribution < -0.4 is 10.2 Å². The van der Waals surface area contributed by atoms with Crippen molar-refractivity contribution in [1.82, 2.24) is 0 Å². The number of hydrogen-bond donors (Lipinski definition) is 1. The van der Waals surface area contributed by atoms with Crippen molar-refractivity contribution < 1.29 is 27.6 Å². The van der Waals surface area contributed by atoms with Gasteiger partial charge in [-0.05, 0) is 42.5 Å². The van der Waals surface area contributed by atoms with Crippen LogP contribution in [0.5, 0.6) is 0 Å². The summed E-state index contributed by atoms with van der Waals surface area (Å²) in [5, 5.41) is 1.89. The van der Waals surface area contributed by atoms with Crippen LogP contribution in [0.25, 0.3) is 0 Å². The molecule has 0 aromatic heterocycles. The van der Waals surface area contributed by atoms with Crippen molar-refractivity contribution in [1.29, 1.82) is 0 Å². The Balaban J connectivity index is 1.77. The lowest BCUT2D eigenvalue weighted by Crippen LogP contribution is -2.28. The van der Waals surface area contributed by atoms with Gasteiger partial charge in [0, 0.05) is 24.1 Å². The van der Waals surface area contributed by atoms with Crippen LogP contribution >= 0.6 is 11.6 Å². The van der Waals surface area contributed by atoms with Gasteiger partial charge in [0.05, 0.1) is 16.3 Å². The zero-order chi connectivity index (χ0) is 19.8. The molecule has 1 aliphatic rings. The molecule has 1 saturated heterocycles. The van der Waals surface area contributed by atoms with Crippen molar-refractivity contribution in [2.45, 2.75) is 19.0 Å². The molecular formula is C18H12ClF3N2O3. The van der Waals surface area contributed by atoms with Crippen molar-refractivity contribution in [3.8, 4) is 0 Å². The van der Waals surface area contributed by atoms with Gasteiger partial charge in [0.25, 0.3) is 5.91 Å². The van der Waals surface area contributed by atoms with Gasteiger partial charge in [0.1, 0.15) is 0 Å². The van der Waals surface area contributed by atoms with Crippen LogP contribution in [0.15, 0.2) is 42.5 Å². The van der Waals surface area contributed by atoms with Gasteiger partial charge in [-0.15, -0.1) is 0 Å². The molecular weight excluding hydrogens is 385 g/mol. The average molecular weight is 397 g/mol. The number of carbonyl (C=O) groups excluding carboxylic acids is 3. The van der Waals surface area contributed by atoms with Gasteiger partial charge >= 0.3 is 6.18 Å². The standard InChI is InChI=1S/C18H12ClF3N2O3/c19-14-6-3-11(9-13(14)18(20,21)22)23-17(27)10-1-4-12(5-2-10)24-15(25)7-8-16(24)26/h1-6,9H,7-8H2,(H,23,27). The first-order valence-corrected chi connectivity index (χ1v) is 8.18. The molecule has 0 spiro atoms. The zero-order valence-corrected chi connectivity index (χ0v) is 14.4. The molecule has 1 N–H and O–H groups in total.